The Morgan fingerprint density at radius 1 is 1.21 bits per heavy atom. The number of pyridine rings is 1. The fourth-order valence-electron chi connectivity index (χ4n) is 1.88. The molecule has 0 spiro atoms. The van der Waals surface area contributed by atoms with E-state index in [0.717, 1.165) is 22.4 Å². The molecule has 0 unspecified atom stereocenters. The van der Waals surface area contributed by atoms with Gasteiger partial charge >= 0.3 is 0 Å². The molecule has 0 atom stereocenters. The summed E-state index contributed by atoms with van der Waals surface area (Å²) in [6.07, 6.45) is 1.85. The molecule has 0 saturated heterocycles. The number of aromatic nitrogens is 1. The Labute approximate surface area is 123 Å². The summed E-state index contributed by atoms with van der Waals surface area (Å²) in [5.74, 6) is 0.584. The van der Waals surface area contributed by atoms with Crippen LogP contribution in [0.5, 0.6) is 0 Å². The summed E-state index contributed by atoms with van der Waals surface area (Å²) in [4.78, 5) is 4.28. The Morgan fingerprint density at radius 3 is 2.47 bits per heavy atom. The van der Waals surface area contributed by atoms with Gasteiger partial charge in [0.1, 0.15) is 4.60 Å². The first-order valence-corrected chi connectivity index (χ1v) is 7.30. The summed E-state index contributed by atoms with van der Waals surface area (Å²) in [6.45, 7) is 7.29. The first-order valence-electron chi connectivity index (χ1n) is 6.51. The molecule has 100 valence electrons. The number of nitrogens with zero attached hydrogens (tertiary/aromatic N) is 1. The number of benzene rings is 1. The minimum absolute atomic E-state index is 0.584. The van der Waals surface area contributed by atoms with Crippen molar-refractivity contribution in [2.75, 3.05) is 5.32 Å². The van der Waals surface area contributed by atoms with Crippen LogP contribution in [0.4, 0.5) is 5.69 Å². The molecule has 1 aromatic carbocycles. The van der Waals surface area contributed by atoms with Gasteiger partial charge < -0.3 is 5.32 Å². The van der Waals surface area contributed by atoms with Crippen molar-refractivity contribution in [1.29, 1.82) is 0 Å². The van der Waals surface area contributed by atoms with E-state index in [0.29, 0.717) is 5.92 Å². The highest BCUT2D eigenvalue weighted by atomic mass is 79.9. The maximum Gasteiger partial charge on any atom is 0.109 e. The van der Waals surface area contributed by atoms with Crippen molar-refractivity contribution >= 4 is 21.6 Å². The average Bonchev–Trinajstić information content (AvgIpc) is 2.40. The lowest BCUT2D eigenvalue weighted by Crippen LogP contribution is -2.00. The summed E-state index contributed by atoms with van der Waals surface area (Å²) in [5, 5.41) is 3.39. The number of aryl methyl sites for hydroxylation is 1. The first-order chi connectivity index (χ1) is 9.06. The van der Waals surface area contributed by atoms with Gasteiger partial charge in [-0.2, -0.15) is 0 Å². The van der Waals surface area contributed by atoms with Crippen LogP contribution >= 0.6 is 15.9 Å². The molecular weight excluding hydrogens is 300 g/mol. The Morgan fingerprint density at radius 2 is 1.89 bits per heavy atom. The van der Waals surface area contributed by atoms with Crippen LogP contribution in [0.15, 0.2) is 41.1 Å². The standard InChI is InChI=1S/C16H19BrN2/c1-11(2)14-6-4-13(5-7-14)9-18-15-8-12(3)16(17)19-10-15/h4-8,10-11,18H,9H2,1-3H3. The smallest absolute Gasteiger partial charge is 0.109 e. The second kappa shape index (κ2) is 6.20. The molecule has 3 heteroatoms. The van der Waals surface area contributed by atoms with Crippen molar-refractivity contribution in [1.82, 2.24) is 4.98 Å². The number of hydrogen-bond acceptors (Lipinski definition) is 2. The zero-order chi connectivity index (χ0) is 13.8. The van der Waals surface area contributed by atoms with Gasteiger partial charge in [0.05, 0.1) is 11.9 Å². The van der Waals surface area contributed by atoms with Crippen LogP contribution < -0.4 is 5.32 Å². The van der Waals surface area contributed by atoms with E-state index in [4.69, 9.17) is 0 Å². The number of hydrogen-bond donors (Lipinski definition) is 1. The Hall–Kier alpha value is -1.35. The van der Waals surface area contributed by atoms with Crippen LogP contribution in [0.25, 0.3) is 0 Å². The summed E-state index contributed by atoms with van der Waals surface area (Å²) in [6, 6.07) is 10.9. The van der Waals surface area contributed by atoms with Crippen LogP contribution in [0.2, 0.25) is 0 Å². The van der Waals surface area contributed by atoms with Crippen molar-refractivity contribution in [2.24, 2.45) is 0 Å². The van der Waals surface area contributed by atoms with Gasteiger partial charge in [0, 0.05) is 6.54 Å². The van der Waals surface area contributed by atoms with Gasteiger partial charge in [-0.15, -0.1) is 0 Å². The van der Waals surface area contributed by atoms with Crippen molar-refractivity contribution in [3.05, 3.63) is 57.8 Å². The Balaban J connectivity index is 2.00. The van der Waals surface area contributed by atoms with Crippen molar-refractivity contribution in [3.8, 4) is 0 Å². The largest absolute Gasteiger partial charge is 0.380 e. The van der Waals surface area contributed by atoms with Crippen molar-refractivity contribution < 1.29 is 0 Å². The lowest BCUT2D eigenvalue weighted by molar-refractivity contribution is 0.865. The molecule has 0 bridgehead atoms. The van der Waals surface area contributed by atoms with E-state index in [1.807, 2.05) is 13.1 Å². The van der Waals surface area contributed by atoms with E-state index >= 15 is 0 Å². The predicted molar refractivity (Wildman–Crippen MR) is 84.5 cm³/mol. The lowest BCUT2D eigenvalue weighted by atomic mass is 10.0. The molecule has 2 nitrogen and oxygen atoms in total. The topological polar surface area (TPSA) is 24.9 Å². The fourth-order valence-corrected chi connectivity index (χ4v) is 2.10. The number of nitrogens with one attached hydrogen (secondary N) is 1. The third-order valence-electron chi connectivity index (χ3n) is 3.16. The molecule has 2 aromatic rings. The molecule has 19 heavy (non-hydrogen) atoms. The second-order valence-electron chi connectivity index (χ2n) is 5.08. The van der Waals surface area contributed by atoms with Crippen LogP contribution in [0.1, 0.15) is 36.5 Å². The molecule has 0 fully saturated rings. The number of rotatable bonds is 4. The Bertz CT molecular complexity index is 547. The predicted octanol–water partition coefficient (Wildman–Crippen LogP) is 4.89. The Kier molecular flexibility index (Phi) is 4.59. The van der Waals surface area contributed by atoms with Gasteiger partial charge in [0.25, 0.3) is 0 Å². The third kappa shape index (κ3) is 3.80. The molecule has 0 aliphatic rings. The highest BCUT2D eigenvalue weighted by Crippen LogP contribution is 2.18. The van der Waals surface area contributed by atoms with Crippen LogP contribution in [-0.4, -0.2) is 4.98 Å². The zero-order valence-corrected chi connectivity index (χ0v) is 13.2. The summed E-state index contributed by atoms with van der Waals surface area (Å²) in [5.41, 5.74) is 4.85. The van der Waals surface area contributed by atoms with Gasteiger partial charge in [-0.25, -0.2) is 4.98 Å². The van der Waals surface area contributed by atoms with Crippen molar-refractivity contribution in [3.63, 3.8) is 0 Å². The van der Waals surface area contributed by atoms with E-state index in [-0.39, 0.29) is 0 Å². The first kappa shape index (κ1) is 14.1. The van der Waals surface area contributed by atoms with Gasteiger partial charge in [-0.3, -0.25) is 0 Å². The number of halogens is 1. The molecule has 0 aliphatic heterocycles. The lowest BCUT2D eigenvalue weighted by Gasteiger charge is -2.09. The van der Waals surface area contributed by atoms with Gasteiger partial charge in [-0.05, 0) is 51.5 Å². The molecule has 0 aliphatic carbocycles. The highest BCUT2D eigenvalue weighted by molar-refractivity contribution is 9.10. The van der Waals surface area contributed by atoms with Crippen molar-refractivity contribution in [2.45, 2.75) is 33.2 Å². The van der Waals surface area contributed by atoms with Gasteiger partial charge in [0.15, 0.2) is 0 Å². The highest BCUT2D eigenvalue weighted by Gasteiger charge is 2.01. The third-order valence-corrected chi connectivity index (χ3v) is 3.99. The summed E-state index contributed by atoms with van der Waals surface area (Å²) in [7, 11) is 0. The van der Waals surface area contributed by atoms with E-state index < -0.39 is 0 Å². The molecule has 2 rings (SSSR count). The summed E-state index contributed by atoms with van der Waals surface area (Å²) >= 11 is 3.41. The van der Waals surface area contributed by atoms with Crippen LogP contribution in [-0.2, 0) is 6.54 Å². The zero-order valence-electron chi connectivity index (χ0n) is 11.6. The molecule has 1 heterocycles. The summed E-state index contributed by atoms with van der Waals surface area (Å²) < 4.78 is 0.902. The van der Waals surface area contributed by atoms with Gasteiger partial charge in [-0.1, -0.05) is 38.1 Å². The fraction of sp³-hybridized carbons (Fsp3) is 0.312. The number of anilines is 1. The molecule has 1 N–H and O–H groups in total. The van der Waals surface area contributed by atoms with E-state index in [2.05, 4.69) is 70.4 Å². The van der Waals surface area contributed by atoms with Gasteiger partial charge in [0.2, 0.25) is 0 Å². The molecule has 0 saturated carbocycles. The maximum atomic E-state index is 4.28. The van der Waals surface area contributed by atoms with Crippen LogP contribution in [0, 0.1) is 6.92 Å². The average molecular weight is 319 g/mol. The molecule has 1 aromatic heterocycles. The maximum absolute atomic E-state index is 4.28. The quantitative estimate of drug-likeness (QED) is 0.812. The normalized spacial score (nSPS) is 10.8. The monoisotopic (exact) mass is 318 g/mol. The minimum atomic E-state index is 0.584. The molecular formula is C16H19BrN2. The second-order valence-corrected chi connectivity index (χ2v) is 5.83. The van der Waals surface area contributed by atoms with E-state index in [1.165, 1.54) is 11.1 Å². The van der Waals surface area contributed by atoms with E-state index in [9.17, 15) is 0 Å². The van der Waals surface area contributed by atoms with E-state index in [1.54, 1.807) is 0 Å². The SMILES string of the molecule is Cc1cc(NCc2ccc(C(C)C)cc2)cnc1Br. The molecule has 0 radical (unpaired) electrons. The van der Waals surface area contributed by atoms with Crippen LogP contribution in [0.3, 0.4) is 0 Å². The molecule has 0 amide bonds. The minimum Gasteiger partial charge on any atom is -0.380 e.